The van der Waals surface area contributed by atoms with E-state index in [-0.39, 0.29) is 11.9 Å². The minimum atomic E-state index is -0.0356. The van der Waals surface area contributed by atoms with E-state index in [0.29, 0.717) is 43.5 Å². The number of nitrogens with zero attached hydrogens (tertiary/aromatic N) is 4. The van der Waals surface area contributed by atoms with E-state index in [4.69, 9.17) is 9.72 Å². The third-order valence-corrected chi connectivity index (χ3v) is 4.68. The number of aryl methyl sites for hydroxylation is 1. The molecule has 1 fully saturated rings. The lowest BCUT2D eigenvalue weighted by molar-refractivity contribution is 0.0303. The van der Waals surface area contributed by atoms with Gasteiger partial charge in [0.25, 0.3) is 5.91 Å². The molecule has 0 N–H and O–H groups in total. The van der Waals surface area contributed by atoms with Crippen molar-refractivity contribution < 1.29 is 9.53 Å². The third kappa shape index (κ3) is 3.85. The lowest BCUT2D eigenvalue weighted by Crippen LogP contribution is -2.41. The fourth-order valence-electron chi connectivity index (χ4n) is 2.90. The highest BCUT2D eigenvalue weighted by molar-refractivity contribution is 5.99. The Morgan fingerprint density at radius 2 is 2.00 bits per heavy atom. The van der Waals surface area contributed by atoms with Gasteiger partial charge in [0.2, 0.25) is 0 Å². The zero-order chi connectivity index (χ0) is 18.7. The minimum absolute atomic E-state index is 0.0356. The van der Waals surface area contributed by atoms with Crippen LogP contribution in [0, 0.1) is 6.92 Å². The number of hydrogen-bond donors (Lipinski definition) is 0. The van der Waals surface area contributed by atoms with Gasteiger partial charge in [-0.25, -0.2) is 9.97 Å². The lowest BCUT2D eigenvalue weighted by atomic mass is 10.1. The molecule has 0 unspecified atom stereocenters. The Balaban J connectivity index is 2.02. The number of rotatable bonds is 4. The van der Waals surface area contributed by atoms with Gasteiger partial charge in [0, 0.05) is 37.9 Å². The summed E-state index contributed by atoms with van der Waals surface area (Å²) in [6.45, 7) is 8.55. The number of carbonyl (C=O) groups excluding carboxylic acids is 1. The summed E-state index contributed by atoms with van der Waals surface area (Å²) >= 11 is 0. The van der Waals surface area contributed by atoms with Crippen LogP contribution in [-0.2, 0) is 4.74 Å². The van der Waals surface area contributed by atoms with Crippen molar-refractivity contribution in [3.8, 4) is 11.4 Å². The van der Waals surface area contributed by atoms with Crippen LogP contribution in [-0.4, -0.2) is 60.2 Å². The van der Waals surface area contributed by atoms with Crippen molar-refractivity contribution in [3.63, 3.8) is 0 Å². The van der Waals surface area contributed by atoms with Crippen LogP contribution in [0.15, 0.2) is 30.5 Å². The second-order valence-corrected chi connectivity index (χ2v) is 6.91. The van der Waals surface area contributed by atoms with Crippen LogP contribution in [0.3, 0.4) is 0 Å². The van der Waals surface area contributed by atoms with Crippen molar-refractivity contribution in [2.75, 3.05) is 38.3 Å². The minimum Gasteiger partial charge on any atom is -0.378 e. The number of ether oxygens (including phenoxy) is 1. The zero-order valence-corrected chi connectivity index (χ0v) is 15.9. The predicted octanol–water partition coefficient (Wildman–Crippen LogP) is 2.77. The smallest absolute Gasteiger partial charge is 0.259 e. The van der Waals surface area contributed by atoms with Gasteiger partial charge in [-0.05, 0) is 26.8 Å². The Bertz CT molecular complexity index is 785. The molecule has 0 saturated carbocycles. The molecule has 1 aromatic heterocycles. The summed E-state index contributed by atoms with van der Waals surface area (Å²) in [5.74, 6) is 1.27. The van der Waals surface area contributed by atoms with Gasteiger partial charge in [0.1, 0.15) is 11.4 Å². The molecule has 2 aromatic rings. The number of hydrogen-bond acceptors (Lipinski definition) is 5. The van der Waals surface area contributed by atoms with Gasteiger partial charge in [0.15, 0.2) is 5.82 Å². The molecule has 26 heavy (non-hydrogen) atoms. The fraction of sp³-hybridized carbons (Fsp3) is 0.450. The monoisotopic (exact) mass is 354 g/mol. The number of carbonyl (C=O) groups is 1. The van der Waals surface area contributed by atoms with Crippen molar-refractivity contribution in [1.29, 1.82) is 0 Å². The van der Waals surface area contributed by atoms with Crippen molar-refractivity contribution in [2.45, 2.75) is 26.8 Å². The summed E-state index contributed by atoms with van der Waals surface area (Å²) in [5.41, 5.74) is 2.65. The first-order valence-corrected chi connectivity index (χ1v) is 9.01. The highest BCUT2D eigenvalue weighted by Gasteiger charge is 2.25. The highest BCUT2D eigenvalue weighted by atomic mass is 16.5. The Labute approximate surface area is 154 Å². The summed E-state index contributed by atoms with van der Waals surface area (Å²) in [4.78, 5) is 26.1. The molecule has 1 saturated heterocycles. The summed E-state index contributed by atoms with van der Waals surface area (Å²) < 4.78 is 5.35. The topological polar surface area (TPSA) is 58.6 Å². The van der Waals surface area contributed by atoms with E-state index in [0.717, 1.165) is 11.1 Å². The maximum Gasteiger partial charge on any atom is 0.259 e. The van der Waals surface area contributed by atoms with Crippen LogP contribution in [0.1, 0.15) is 29.8 Å². The number of amides is 1. The Hall–Kier alpha value is -2.47. The predicted molar refractivity (Wildman–Crippen MR) is 102 cm³/mol. The average molecular weight is 354 g/mol. The number of aromatic nitrogens is 2. The van der Waals surface area contributed by atoms with Gasteiger partial charge in [-0.2, -0.15) is 0 Å². The summed E-state index contributed by atoms with van der Waals surface area (Å²) in [7, 11) is 1.96. The van der Waals surface area contributed by atoms with E-state index in [2.05, 4.69) is 24.9 Å². The fourth-order valence-corrected chi connectivity index (χ4v) is 2.90. The molecular formula is C20H26N4O2. The van der Waals surface area contributed by atoms with E-state index in [9.17, 15) is 4.79 Å². The maximum atomic E-state index is 13.0. The van der Waals surface area contributed by atoms with Gasteiger partial charge in [-0.15, -0.1) is 0 Å². The lowest BCUT2D eigenvalue weighted by Gasteiger charge is -2.30. The second kappa shape index (κ2) is 7.83. The van der Waals surface area contributed by atoms with E-state index in [1.165, 1.54) is 0 Å². The van der Waals surface area contributed by atoms with Gasteiger partial charge < -0.3 is 14.5 Å². The third-order valence-electron chi connectivity index (χ3n) is 4.68. The SMILES string of the molecule is Cc1cccc(-c2ncc(C(=O)N3CCOCC3)c(N(C)C(C)C)n2)c1. The van der Waals surface area contributed by atoms with Gasteiger partial charge in [-0.3, -0.25) is 4.79 Å². The second-order valence-electron chi connectivity index (χ2n) is 6.91. The van der Waals surface area contributed by atoms with Gasteiger partial charge in [-0.1, -0.05) is 23.8 Å². The molecule has 0 radical (unpaired) electrons. The van der Waals surface area contributed by atoms with Crippen LogP contribution < -0.4 is 4.90 Å². The number of anilines is 1. The van der Waals surface area contributed by atoms with E-state index >= 15 is 0 Å². The van der Waals surface area contributed by atoms with Crippen molar-refractivity contribution in [3.05, 3.63) is 41.6 Å². The first-order valence-electron chi connectivity index (χ1n) is 9.01. The molecule has 1 aliphatic rings. The molecule has 0 spiro atoms. The molecule has 0 bridgehead atoms. The van der Waals surface area contributed by atoms with Crippen molar-refractivity contribution in [1.82, 2.24) is 14.9 Å². The van der Waals surface area contributed by atoms with Crippen LogP contribution in [0.5, 0.6) is 0 Å². The van der Waals surface area contributed by atoms with Crippen LogP contribution in [0.4, 0.5) is 5.82 Å². The largest absolute Gasteiger partial charge is 0.378 e. The summed E-state index contributed by atoms with van der Waals surface area (Å²) in [6, 6.07) is 8.29. The van der Waals surface area contributed by atoms with E-state index < -0.39 is 0 Å². The molecule has 1 aliphatic heterocycles. The highest BCUT2D eigenvalue weighted by Crippen LogP contribution is 2.25. The average Bonchev–Trinajstić information content (AvgIpc) is 2.67. The Kier molecular flexibility index (Phi) is 5.52. The van der Waals surface area contributed by atoms with Crippen LogP contribution in [0.25, 0.3) is 11.4 Å². The summed E-state index contributed by atoms with van der Waals surface area (Å²) in [5, 5.41) is 0. The summed E-state index contributed by atoms with van der Waals surface area (Å²) in [6.07, 6.45) is 1.66. The molecule has 0 aliphatic carbocycles. The normalized spacial score (nSPS) is 14.6. The van der Waals surface area contributed by atoms with Crippen LogP contribution in [0.2, 0.25) is 0 Å². The molecule has 1 amide bonds. The molecule has 3 rings (SSSR count). The Morgan fingerprint density at radius 3 is 2.65 bits per heavy atom. The van der Waals surface area contributed by atoms with Crippen molar-refractivity contribution >= 4 is 11.7 Å². The molecule has 6 heteroatoms. The van der Waals surface area contributed by atoms with Crippen LogP contribution >= 0.6 is 0 Å². The first kappa shape index (κ1) is 18.3. The molecular weight excluding hydrogens is 328 g/mol. The van der Waals surface area contributed by atoms with Gasteiger partial charge in [0.05, 0.1) is 13.2 Å². The quantitative estimate of drug-likeness (QED) is 0.845. The molecule has 138 valence electrons. The van der Waals surface area contributed by atoms with E-state index in [1.807, 2.05) is 42.0 Å². The first-order chi connectivity index (χ1) is 12.5. The maximum absolute atomic E-state index is 13.0. The number of morpholine rings is 1. The molecule has 2 heterocycles. The van der Waals surface area contributed by atoms with Gasteiger partial charge >= 0.3 is 0 Å². The number of benzene rings is 1. The molecule has 1 aromatic carbocycles. The zero-order valence-electron chi connectivity index (χ0n) is 15.9. The molecule has 6 nitrogen and oxygen atoms in total. The molecule has 0 atom stereocenters. The van der Waals surface area contributed by atoms with Crippen molar-refractivity contribution in [2.24, 2.45) is 0 Å². The van der Waals surface area contributed by atoms with E-state index in [1.54, 1.807) is 6.20 Å². The Morgan fingerprint density at radius 1 is 1.27 bits per heavy atom. The standard InChI is InChI=1S/C20H26N4O2/c1-14(2)23(4)19-17(20(25)24-8-10-26-11-9-24)13-21-18(22-19)16-7-5-6-15(3)12-16/h5-7,12-14H,8-11H2,1-4H3.